The second-order valence-corrected chi connectivity index (χ2v) is 8.33. The lowest BCUT2D eigenvalue weighted by molar-refractivity contribution is -0.144. The van der Waals surface area contributed by atoms with Gasteiger partial charge >= 0.3 is 12.1 Å². The largest absolute Gasteiger partial charge is 0.453 e. The zero-order valence-electron chi connectivity index (χ0n) is 17.9. The number of nitrogens with zero attached hydrogens (tertiary/aromatic N) is 4. The number of hydrogen-bond acceptors (Lipinski definition) is 7. The van der Waals surface area contributed by atoms with E-state index in [0.29, 0.717) is 5.92 Å². The van der Waals surface area contributed by atoms with E-state index in [4.69, 9.17) is 9.47 Å². The number of benzene rings is 1. The third-order valence-electron chi connectivity index (χ3n) is 5.83. The zero-order valence-corrected chi connectivity index (χ0v) is 17.9. The van der Waals surface area contributed by atoms with Gasteiger partial charge in [-0.1, -0.05) is 18.2 Å². The Balaban J connectivity index is 1.43. The number of hydrogen-bond donors (Lipinski definition) is 1. The highest BCUT2D eigenvalue weighted by Gasteiger charge is 2.44. The summed E-state index contributed by atoms with van der Waals surface area (Å²) in [5.74, 6) is -1.88. The number of halogens is 4. The van der Waals surface area contributed by atoms with E-state index in [1.54, 1.807) is 18.2 Å². The number of carbonyl (C=O) groups excluding carboxylic acids is 1. The number of nitrogens with one attached hydrogen (secondary N) is 1. The molecule has 0 bridgehead atoms. The van der Waals surface area contributed by atoms with E-state index in [1.165, 1.54) is 12.1 Å². The second kappa shape index (κ2) is 8.49. The van der Waals surface area contributed by atoms with Gasteiger partial charge in [0.1, 0.15) is 6.61 Å². The first kappa shape index (κ1) is 22.5. The lowest BCUT2D eigenvalue weighted by atomic mass is 10.2. The van der Waals surface area contributed by atoms with Gasteiger partial charge < -0.3 is 14.8 Å². The van der Waals surface area contributed by atoms with E-state index < -0.39 is 36.5 Å². The molecular formula is C22H20F4N5O3. The number of anilines is 1. The number of imidazole rings is 1. The van der Waals surface area contributed by atoms with Gasteiger partial charge in [0.2, 0.25) is 5.82 Å². The van der Waals surface area contributed by atoms with Gasteiger partial charge in [-0.15, -0.1) is 0 Å². The minimum Gasteiger partial charge on any atom is -0.453 e. The monoisotopic (exact) mass is 478 g/mol. The second-order valence-electron chi connectivity index (χ2n) is 8.33. The molecule has 1 radical (unpaired) electrons. The van der Waals surface area contributed by atoms with Gasteiger partial charge in [-0.3, -0.25) is 4.57 Å². The molecule has 8 nitrogen and oxygen atoms in total. The lowest BCUT2D eigenvalue weighted by Crippen LogP contribution is -2.28. The first-order valence-electron chi connectivity index (χ1n) is 10.7. The van der Waals surface area contributed by atoms with E-state index in [1.807, 2.05) is 6.92 Å². The van der Waals surface area contributed by atoms with Crippen molar-refractivity contribution >= 4 is 23.0 Å². The van der Waals surface area contributed by atoms with Crippen molar-refractivity contribution in [3.8, 4) is 0 Å². The molecule has 0 amide bonds. The Labute approximate surface area is 191 Å². The zero-order chi connectivity index (χ0) is 24.0. The fourth-order valence-electron chi connectivity index (χ4n) is 3.81. The van der Waals surface area contributed by atoms with Crippen LogP contribution in [0, 0.1) is 12.5 Å². The fourth-order valence-corrected chi connectivity index (χ4v) is 3.81. The van der Waals surface area contributed by atoms with Gasteiger partial charge in [0, 0.05) is 6.04 Å². The molecule has 4 atom stereocenters. The van der Waals surface area contributed by atoms with Crippen molar-refractivity contribution in [2.45, 2.75) is 50.5 Å². The van der Waals surface area contributed by atoms with Crippen LogP contribution in [0.15, 0.2) is 36.7 Å². The van der Waals surface area contributed by atoms with Crippen molar-refractivity contribution in [3.05, 3.63) is 54.7 Å². The summed E-state index contributed by atoms with van der Waals surface area (Å²) < 4.78 is 67.3. The van der Waals surface area contributed by atoms with Crippen LogP contribution in [-0.4, -0.2) is 43.8 Å². The highest BCUT2D eigenvalue weighted by molar-refractivity contribution is 5.89. The molecule has 5 rings (SSSR count). The summed E-state index contributed by atoms with van der Waals surface area (Å²) in [6.07, 6.45) is -6.44. The molecule has 1 aliphatic heterocycles. The molecule has 3 aromatic rings. The molecular weight excluding hydrogens is 458 g/mol. The lowest BCUT2D eigenvalue weighted by Gasteiger charge is -2.18. The molecule has 1 N–H and O–H groups in total. The Morgan fingerprint density at radius 2 is 1.97 bits per heavy atom. The maximum absolute atomic E-state index is 15.2. The summed E-state index contributed by atoms with van der Waals surface area (Å²) in [5, 5.41) is 2.99. The number of rotatable bonds is 6. The van der Waals surface area contributed by atoms with Crippen molar-refractivity contribution in [2.75, 3.05) is 5.32 Å². The predicted octanol–water partition coefficient (Wildman–Crippen LogP) is 4.31. The van der Waals surface area contributed by atoms with Crippen LogP contribution in [0.4, 0.5) is 23.4 Å². The Hall–Kier alpha value is -3.28. The van der Waals surface area contributed by atoms with Crippen molar-refractivity contribution in [2.24, 2.45) is 5.92 Å². The third kappa shape index (κ3) is 4.29. The van der Waals surface area contributed by atoms with Crippen LogP contribution < -0.4 is 5.32 Å². The van der Waals surface area contributed by atoms with Crippen molar-refractivity contribution in [1.82, 2.24) is 19.5 Å². The standard InChI is InChI=1S/C22H20F4N5O3/c1-11(12-7-8-12)28-17-16-18(30-21(29-17)22(24,25)26)31(10-27-16)19-15(23)14(9-33-19)34-20(32)13-5-3-2-4-6-13/h2-6,9-12,14-15,19H,7-8H2,1H3,(H,28,29,30)/t11?,14-,15+,19-/m1/s1. The molecule has 2 aliphatic rings. The maximum Gasteiger partial charge on any atom is 0.451 e. The van der Waals surface area contributed by atoms with E-state index in [9.17, 15) is 18.0 Å². The summed E-state index contributed by atoms with van der Waals surface area (Å²) in [5.41, 5.74) is 0.0348. The molecule has 34 heavy (non-hydrogen) atoms. The number of ether oxygens (including phenoxy) is 2. The maximum atomic E-state index is 15.2. The average Bonchev–Trinajstić information content (AvgIpc) is 3.49. The number of carbonyl (C=O) groups is 1. The topological polar surface area (TPSA) is 91.2 Å². The minimum atomic E-state index is -4.83. The van der Waals surface area contributed by atoms with Gasteiger partial charge in [-0.25, -0.2) is 24.1 Å². The van der Waals surface area contributed by atoms with Crippen molar-refractivity contribution in [1.29, 1.82) is 0 Å². The molecule has 1 unspecified atom stereocenters. The fraction of sp³-hybridized carbons (Fsp3) is 0.409. The SMILES string of the molecule is CC(Nc1nc(C(F)(F)F)nc2c1ncn2[C@@H]1O[CH][C@@H](OC(=O)c2ccccc2)[C@@H]1F)C1CC1. The van der Waals surface area contributed by atoms with E-state index in [0.717, 1.165) is 30.3 Å². The molecule has 2 aromatic heterocycles. The van der Waals surface area contributed by atoms with Crippen LogP contribution in [0.3, 0.4) is 0 Å². The van der Waals surface area contributed by atoms with Crippen molar-refractivity contribution < 1.29 is 31.8 Å². The molecule has 179 valence electrons. The van der Waals surface area contributed by atoms with Gasteiger partial charge in [-0.05, 0) is 37.8 Å². The summed E-state index contributed by atoms with van der Waals surface area (Å²) in [6.45, 7) is 2.86. The van der Waals surface area contributed by atoms with Crippen LogP contribution in [-0.2, 0) is 15.7 Å². The summed E-state index contributed by atoms with van der Waals surface area (Å²) >= 11 is 0. The molecule has 12 heteroatoms. The summed E-state index contributed by atoms with van der Waals surface area (Å²) in [6, 6.07) is 7.89. The first-order valence-corrected chi connectivity index (χ1v) is 10.7. The number of fused-ring (bicyclic) bond motifs is 1. The molecule has 1 saturated heterocycles. The molecule has 2 fully saturated rings. The van der Waals surface area contributed by atoms with Crippen LogP contribution in [0.25, 0.3) is 11.2 Å². The predicted molar refractivity (Wildman–Crippen MR) is 111 cm³/mol. The first-order chi connectivity index (χ1) is 16.2. The third-order valence-corrected chi connectivity index (χ3v) is 5.83. The van der Waals surface area contributed by atoms with Crippen LogP contribution in [0.1, 0.15) is 42.2 Å². The summed E-state index contributed by atoms with van der Waals surface area (Å²) in [7, 11) is 0. The molecule has 0 spiro atoms. The van der Waals surface area contributed by atoms with E-state index >= 15 is 4.39 Å². The smallest absolute Gasteiger partial charge is 0.451 e. The van der Waals surface area contributed by atoms with Crippen LogP contribution in [0.5, 0.6) is 0 Å². The molecule has 1 saturated carbocycles. The van der Waals surface area contributed by atoms with Gasteiger partial charge in [0.05, 0.1) is 11.9 Å². The Morgan fingerprint density at radius 1 is 1.24 bits per heavy atom. The molecule has 1 aliphatic carbocycles. The Bertz CT molecular complexity index is 1200. The Morgan fingerprint density at radius 3 is 2.65 bits per heavy atom. The highest BCUT2D eigenvalue weighted by atomic mass is 19.4. The van der Waals surface area contributed by atoms with Crippen LogP contribution in [0.2, 0.25) is 0 Å². The van der Waals surface area contributed by atoms with Gasteiger partial charge in [0.15, 0.2) is 35.5 Å². The van der Waals surface area contributed by atoms with Gasteiger partial charge in [-0.2, -0.15) is 13.2 Å². The van der Waals surface area contributed by atoms with E-state index in [2.05, 4.69) is 20.3 Å². The normalized spacial score (nSPS) is 23.7. The highest BCUT2D eigenvalue weighted by Crippen LogP contribution is 2.38. The summed E-state index contributed by atoms with van der Waals surface area (Å²) in [4.78, 5) is 23.6. The van der Waals surface area contributed by atoms with E-state index in [-0.39, 0.29) is 28.6 Å². The number of aromatic nitrogens is 4. The minimum absolute atomic E-state index is 0.0565. The number of esters is 1. The Kier molecular flexibility index (Phi) is 5.62. The number of alkyl halides is 4. The molecule has 1 aromatic carbocycles. The van der Waals surface area contributed by atoms with Gasteiger partial charge in [0.25, 0.3) is 0 Å². The molecule has 3 heterocycles. The van der Waals surface area contributed by atoms with Crippen LogP contribution >= 0.6 is 0 Å². The quantitative estimate of drug-likeness (QED) is 0.417. The average molecular weight is 478 g/mol. The van der Waals surface area contributed by atoms with Crippen molar-refractivity contribution in [3.63, 3.8) is 0 Å².